The highest BCUT2D eigenvalue weighted by atomic mass is 19.1. The second-order valence-electron chi connectivity index (χ2n) is 7.66. The van der Waals surface area contributed by atoms with Crippen molar-refractivity contribution in [3.8, 4) is 6.07 Å². The standard InChI is InChI=1S/C22H22FN7O/c1-13-20-21(29(3)14(2)22(31)28-20)27-19(26-13)7-4-15-10-25-30(11-15)12-16-5-6-18(23)8-17(16)9-24/h5-6,8,10-11,14H,4,7,12H2,1-3H3,(H,28,31)/t14-/m0/s1. The van der Waals surface area contributed by atoms with Crippen LogP contribution in [0.3, 0.4) is 0 Å². The molecule has 3 aromatic rings. The first-order valence-corrected chi connectivity index (χ1v) is 9.96. The molecular formula is C22H22FN7O. The van der Waals surface area contributed by atoms with Crippen molar-refractivity contribution in [2.45, 2.75) is 39.3 Å². The largest absolute Gasteiger partial charge is 0.346 e. The molecule has 1 N–H and O–H groups in total. The van der Waals surface area contributed by atoms with Crippen molar-refractivity contribution >= 4 is 17.4 Å². The van der Waals surface area contributed by atoms with E-state index in [0.29, 0.717) is 42.0 Å². The third-order valence-corrected chi connectivity index (χ3v) is 5.51. The Morgan fingerprint density at radius 1 is 1.29 bits per heavy atom. The number of nitrogens with zero attached hydrogens (tertiary/aromatic N) is 6. The first-order chi connectivity index (χ1) is 14.9. The number of benzene rings is 1. The number of rotatable bonds is 5. The number of nitrogens with one attached hydrogen (secondary N) is 1. The third kappa shape index (κ3) is 4.10. The van der Waals surface area contributed by atoms with Crippen molar-refractivity contribution < 1.29 is 9.18 Å². The third-order valence-electron chi connectivity index (χ3n) is 5.51. The molecule has 1 atom stereocenters. The van der Waals surface area contributed by atoms with Gasteiger partial charge in [-0.2, -0.15) is 10.4 Å². The van der Waals surface area contributed by atoms with E-state index in [9.17, 15) is 14.4 Å². The first kappa shape index (κ1) is 20.5. The molecule has 0 saturated heterocycles. The molecule has 31 heavy (non-hydrogen) atoms. The van der Waals surface area contributed by atoms with Crippen LogP contribution >= 0.6 is 0 Å². The van der Waals surface area contributed by atoms with Crippen molar-refractivity contribution in [1.82, 2.24) is 19.7 Å². The van der Waals surface area contributed by atoms with Crippen molar-refractivity contribution in [3.63, 3.8) is 0 Å². The molecule has 9 heteroatoms. The van der Waals surface area contributed by atoms with E-state index >= 15 is 0 Å². The summed E-state index contributed by atoms with van der Waals surface area (Å²) in [6, 6.07) is 5.91. The predicted molar refractivity (Wildman–Crippen MR) is 113 cm³/mol. The minimum absolute atomic E-state index is 0.0671. The Balaban J connectivity index is 1.47. The SMILES string of the molecule is Cc1nc(CCc2cnn(Cc3ccc(F)cc3C#N)c2)nc2c1NC(=O)[C@H](C)N2C. The molecule has 1 aliphatic rings. The predicted octanol–water partition coefficient (Wildman–Crippen LogP) is 2.60. The van der Waals surface area contributed by atoms with Crippen LogP contribution in [0.5, 0.6) is 0 Å². The van der Waals surface area contributed by atoms with Crippen molar-refractivity contribution in [2.24, 2.45) is 0 Å². The second-order valence-corrected chi connectivity index (χ2v) is 7.66. The summed E-state index contributed by atoms with van der Waals surface area (Å²) < 4.78 is 15.1. The fraction of sp³-hybridized carbons (Fsp3) is 0.318. The van der Waals surface area contributed by atoms with E-state index < -0.39 is 5.82 Å². The number of carbonyl (C=O) groups excluding carboxylic acids is 1. The Morgan fingerprint density at radius 3 is 2.87 bits per heavy atom. The number of hydrogen-bond acceptors (Lipinski definition) is 6. The number of likely N-dealkylation sites (N-methyl/N-ethyl adjacent to an activating group) is 1. The highest BCUT2D eigenvalue weighted by molar-refractivity contribution is 6.02. The Kier molecular flexibility index (Phi) is 5.38. The lowest BCUT2D eigenvalue weighted by Crippen LogP contribution is -2.45. The molecule has 0 aliphatic carbocycles. The van der Waals surface area contributed by atoms with E-state index in [4.69, 9.17) is 0 Å². The summed E-state index contributed by atoms with van der Waals surface area (Å²) in [5.74, 6) is 0.930. The van der Waals surface area contributed by atoms with Gasteiger partial charge in [0, 0.05) is 19.7 Å². The number of aryl methyl sites for hydroxylation is 3. The number of fused-ring (bicyclic) bond motifs is 1. The van der Waals surface area contributed by atoms with E-state index in [-0.39, 0.29) is 11.9 Å². The van der Waals surface area contributed by atoms with Gasteiger partial charge in [-0.25, -0.2) is 14.4 Å². The number of anilines is 2. The van der Waals surface area contributed by atoms with Crippen molar-refractivity contribution in [2.75, 3.05) is 17.3 Å². The summed E-state index contributed by atoms with van der Waals surface area (Å²) >= 11 is 0. The molecule has 0 radical (unpaired) electrons. The van der Waals surface area contributed by atoms with E-state index in [1.165, 1.54) is 12.1 Å². The molecule has 0 unspecified atom stereocenters. The maximum absolute atomic E-state index is 13.3. The van der Waals surface area contributed by atoms with Crippen molar-refractivity contribution in [3.05, 3.63) is 64.6 Å². The van der Waals surface area contributed by atoms with Gasteiger partial charge in [0.05, 0.1) is 30.1 Å². The molecule has 3 heterocycles. The van der Waals surface area contributed by atoms with Crippen molar-refractivity contribution in [1.29, 1.82) is 5.26 Å². The molecule has 0 fully saturated rings. The van der Waals surface area contributed by atoms with E-state index in [1.807, 2.05) is 38.1 Å². The van der Waals surface area contributed by atoms with Gasteiger partial charge < -0.3 is 10.2 Å². The van der Waals surface area contributed by atoms with Gasteiger partial charge in [0.1, 0.15) is 23.4 Å². The quantitative estimate of drug-likeness (QED) is 0.682. The smallest absolute Gasteiger partial charge is 0.246 e. The topological polar surface area (TPSA) is 99.7 Å². The summed E-state index contributed by atoms with van der Waals surface area (Å²) in [6.07, 6.45) is 4.99. The molecule has 1 aromatic carbocycles. The highest BCUT2D eigenvalue weighted by Crippen LogP contribution is 2.31. The molecule has 1 amide bonds. The maximum atomic E-state index is 13.3. The van der Waals surface area contributed by atoms with Gasteiger partial charge in [-0.15, -0.1) is 0 Å². The Labute approximate surface area is 179 Å². The maximum Gasteiger partial charge on any atom is 0.246 e. The summed E-state index contributed by atoms with van der Waals surface area (Å²) in [7, 11) is 1.85. The van der Waals surface area contributed by atoms with Crippen LogP contribution < -0.4 is 10.2 Å². The molecule has 2 aromatic heterocycles. The lowest BCUT2D eigenvalue weighted by Gasteiger charge is -2.32. The zero-order valence-electron chi connectivity index (χ0n) is 17.6. The zero-order valence-corrected chi connectivity index (χ0v) is 17.6. The number of halogens is 1. The van der Waals surface area contributed by atoms with E-state index in [2.05, 4.69) is 20.4 Å². The average molecular weight is 419 g/mol. The van der Waals surface area contributed by atoms with Crippen LogP contribution in [-0.2, 0) is 24.2 Å². The van der Waals surface area contributed by atoms with Gasteiger partial charge in [-0.1, -0.05) is 6.07 Å². The van der Waals surface area contributed by atoms with Gasteiger partial charge in [0.25, 0.3) is 0 Å². The van der Waals surface area contributed by atoms with Crippen LogP contribution in [0.15, 0.2) is 30.6 Å². The fourth-order valence-electron chi connectivity index (χ4n) is 3.56. The van der Waals surface area contributed by atoms with Crippen LogP contribution in [0.25, 0.3) is 0 Å². The number of nitriles is 1. The van der Waals surface area contributed by atoms with Crippen LogP contribution in [0.2, 0.25) is 0 Å². The van der Waals surface area contributed by atoms with E-state index in [0.717, 1.165) is 17.1 Å². The van der Waals surface area contributed by atoms with Crippen LogP contribution in [0, 0.1) is 24.1 Å². The Morgan fingerprint density at radius 2 is 2.10 bits per heavy atom. The van der Waals surface area contributed by atoms with Crippen LogP contribution in [0.4, 0.5) is 15.9 Å². The van der Waals surface area contributed by atoms with Crippen LogP contribution in [-0.4, -0.2) is 38.7 Å². The number of aromatic nitrogens is 4. The molecule has 8 nitrogen and oxygen atoms in total. The van der Waals surface area contributed by atoms with Crippen LogP contribution in [0.1, 0.15) is 35.1 Å². The van der Waals surface area contributed by atoms with Gasteiger partial charge in [0.15, 0.2) is 5.82 Å². The fourth-order valence-corrected chi connectivity index (χ4v) is 3.56. The lowest BCUT2D eigenvalue weighted by atomic mass is 10.1. The number of amides is 1. The second kappa shape index (κ2) is 8.14. The summed E-state index contributed by atoms with van der Waals surface area (Å²) in [4.78, 5) is 23.1. The molecule has 158 valence electrons. The minimum Gasteiger partial charge on any atom is -0.346 e. The molecule has 1 aliphatic heterocycles. The molecule has 0 bridgehead atoms. The molecule has 4 rings (SSSR count). The first-order valence-electron chi connectivity index (χ1n) is 9.96. The molecule has 0 saturated carbocycles. The van der Waals surface area contributed by atoms with Gasteiger partial charge in [-0.05, 0) is 43.5 Å². The Bertz CT molecular complexity index is 1200. The highest BCUT2D eigenvalue weighted by Gasteiger charge is 2.30. The summed E-state index contributed by atoms with van der Waals surface area (Å²) in [6.45, 7) is 4.09. The summed E-state index contributed by atoms with van der Waals surface area (Å²) in [5, 5.41) is 16.4. The lowest BCUT2D eigenvalue weighted by molar-refractivity contribution is -0.117. The monoisotopic (exact) mass is 419 g/mol. The normalized spacial score (nSPS) is 15.4. The van der Waals surface area contributed by atoms with Gasteiger partial charge in [0.2, 0.25) is 5.91 Å². The van der Waals surface area contributed by atoms with E-state index in [1.54, 1.807) is 16.9 Å². The van der Waals surface area contributed by atoms with Gasteiger partial charge in [-0.3, -0.25) is 9.48 Å². The minimum atomic E-state index is -0.429. The summed E-state index contributed by atoms with van der Waals surface area (Å²) in [5.41, 5.74) is 3.43. The number of carbonyl (C=O) groups is 1. The Hall–Kier alpha value is -3.80. The molecule has 0 spiro atoms. The zero-order chi connectivity index (χ0) is 22.1. The number of hydrogen-bond donors (Lipinski definition) is 1. The average Bonchev–Trinajstić information content (AvgIpc) is 3.20. The molecular weight excluding hydrogens is 397 g/mol. The van der Waals surface area contributed by atoms with Gasteiger partial charge >= 0.3 is 0 Å².